The van der Waals surface area contributed by atoms with Crippen molar-refractivity contribution in [3.63, 3.8) is 0 Å². The number of nitrogens with zero attached hydrogens (tertiary/aromatic N) is 1. The number of carboxylic acids is 1. The molecule has 0 unspecified atom stereocenters. The summed E-state index contributed by atoms with van der Waals surface area (Å²) in [6, 6.07) is 8.84. The molecular weight excluding hydrogens is 498 g/mol. The Morgan fingerprint density at radius 1 is 1.16 bits per heavy atom. The zero-order chi connectivity index (χ0) is 27.1. The van der Waals surface area contributed by atoms with Crippen LogP contribution in [0.15, 0.2) is 54.0 Å². The molecule has 1 fully saturated rings. The molecule has 1 aliphatic heterocycles. The third-order valence-corrected chi connectivity index (χ3v) is 6.34. The first kappa shape index (κ1) is 27.5. The number of aromatic carboxylic acids is 1. The quantitative estimate of drug-likeness (QED) is 0.253. The summed E-state index contributed by atoms with van der Waals surface area (Å²) in [6.07, 6.45) is 3.71. The van der Waals surface area contributed by atoms with Crippen LogP contribution in [0.2, 0.25) is 0 Å². The number of imide groups is 1. The summed E-state index contributed by atoms with van der Waals surface area (Å²) in [5, 5.41) is 8.53. The van der Waals surface area contributed by atoms with Gasteiger partial charge in [0.05, 0.1) is 24.2 Å². The van der Waals surface area contributed by atoms with E-state index in [1.807, 2.05) is 13.0 Å². The van der Waals surface area contributed by atoms with Gasteiger partial charge >= 0.3 is 11.9 Å². The molecule has 2 aromatic carbocycles. The molecule has 2 amide bonds. The van der Waals surface area contributed by atoms with Gasteiger partial charge in [-0.05, 0) is 73.5 Å². The van der Waals surface area contributed by atoms with Crippen LogP contribution in [0.1, 0.15) is 40.9 Å². The molecule has 0 bridgehead atoms. The molecule has 1 saturated heterocycles. The number of rotatable bonds is 11. The summed E-state index contributed by atoms with van der Waals surface area (Å²) in [7, 11) is 1.19. The van der Waals surface area contributed by atoms with E-state index in [1.54, 1.807) is 30.4 Å². The van der Waals surface area contributed by atoms with E-state index in [9.17, 15) is 19.2 Å². The van der Waals surface area contributed by atoms with Crippen molar-refractivity contribution in [2.75, 3.05) is 13.7 Å². The summed E-state index contributed by atoms with van der Waals surface area (Å²) in [6.45, 7) is 7.59. The highest BCUT2D eigenvalue weighted by Gasteiger charge is 2.41. The average molecular weight is 526 g/mol. The van der Waals surface area contributed by atoms with E-state index in [0.717, 1.165) is 27.8 Å². The fourth-order valence-electron chi connectivity index (χ4n) is 3.64. The number of benzene rings is 2. The summed E-state index contributed by atoms with van der Waals surface area (Å²) in [5.41, 5.74) is 2.31. The van der Waals surface area contributed by atoms with E-state index >= 15 is 0 Å². The molecular formula is C27H27NO8S. The number of carbonyl (C=O) groups is 4. The Morgan fingerprint density at radius 3 is 2.46 bits per heavy atom. The summed E-state index contributed by atoms with van der Waals surface area (Å²) >= 11 is 0.743. The summed E-state index contributed by atoms with van der Waals surface area (Å²) < 4.78 is 16.6. The van der Waals surface area contributed by atoms with Crippen molar-refractivity contribution in [3.8, 4) is 11.5 Å². The number of ether oxygens (including phenoxy) is 3. The predicted molar refractivity (Wildman–Crippen MR) is 139 cm³/mol. The van der Waals surface area contributed by atoms with Gasteiger partial charge in [0.25, 0.3) is 11.1 Å². The number of hydrogen-bond donors (Lipinski definition) is 1. The molecule has 1 N–H and O–H groups in total. The van der Waals surface area contributed by atoms with Gasteiger partial charge in [-0.15, -0.1) is 6.58 Å². The smallest absolute Gasteiger partial charge is 0.335 e. The summed E-state index contributed by atoms with van der Waals surface area (Å²) in [4.78, 5) is 49.3. The topological polar surface area (TPSA) is 119 Å². The molecule has 0 spiro atoms. The first-order valence-electron chi connectivity index (χ1n) is 11.4. The Morgan fingerprint density at radius 2 is 1.86 bits per heavy atom. The second kappa shape index (κ2) is 12.3. The Hall–Kier alpha value is -4.05. The van der Waals surface area contributed by atoms with Crippen LogP contribution in [0.25, 0.3) is 6.08 Å². The first-order chi connectivity index (χ1) is 17.7. The average Bonchev–Trinajstić information content (AvgIpc) is 3.15. The fourth-order valence-corrected chi connectivity index (χ4v) is 4.55. The van der Waals surface area contributed by atoms with Crippen LogP contribution in [0.4, 0.5) is 4.79 Å². The summed E-state index contributed by atoms with van der Waals surface area (Å²) in [5.74, 6) is -1.34. The number of carboxylic acid groups (broad SMARTS) is 1. The maximum absolute atomic E-state index is 12.9. The number of thioether (sulfide) groups is 1. The van der Waals surface area contributed by atoms with Gasteiger partial charge in [0.2, 0.25) is 0 Å². The normalized spacial score (nSPS) is 15.0. The van der Waals surface area contributed by atoms with Crippen molar-refractivity contribution in [1.82, 2.24) is 4.90 Å². The molecule has 3 rings (SSSR count). The lowest BCUT2D eigenvalue weighted by Crippen LogP contribution is -2.42. The lowest BCUT2D eigenvalue weighted by atomic mass is 10.0. The fraction of sp³-hybridized carbons (Fsp3) is 0.259. The van der Waals surface area contributed by atoms with Gasteiger partial charge in [0.15, 0.2) is 11.5 Å². The van der Waals surface area contributed by atoms with Gasteiger partial charge in [-0.3, -0.25) is 14.5 Å². The Labute approximate surface area is 218 Å². The van der Waals surface area contributed by atoms with Crippen molar-refractivity contribution in [2.45, 2.75) is 32.9 Å². The highest BCUT2D eigenvalue weighted by Crippen LogP contribution is 2.38. The maximum atomic E-state index is 12.9. The maximum Gasteiger partial charge on any atom is 0.335 e. The monoisotopic (exact) mass is 525 g/mol. The van der Waals surface area contributed by atoms with Gasteiger partial charge in [-0.25, -0.2) is 9.59 Å². The zero-order valence-corrected chi connectivity index (χ0v) is 21.5. The van der Waals surface area contributed by atoms with Crippen LogP contribution in [-0.2, 0) is 27.4 Å². The zero-order valence-electron chi connectivity index (χ0n) is 20.7. The van der Waals surface area contributed by atoms with Crippen molar-refractivity contribution in [3.05, 3.63) is 76.2 Å². The van der Waals surface area contributed by atoms with Crippen LogP contribution in [0.5, 0.6) is 11.5 Å². The van der Waals surface area contributed by atoms with Crippen molar-refractivity contribution < 1.29 is 38.5 Å². The van der Waals surface area contributed by atoms with E-state index < -0.39 is 29.1 Å². The van der Waals surface area contributed by atoms with Crippen LogP contribution >= 0.6 is 11.8 Å². The minimum atomic E-state index is -1.04. The van der Waals surface area contributed by atoms with Crippen molar-refractivity contribution in [2.24, 2.45) is 0 Å². The van der Waals surface area contributed by atoms with Gasteiger partial charge < -0.3 is 19.3 Å². The van der Waals surface area contributed by atoms with Gasteiger partial charge in [0.1, 0.15) is 12.6 Å². The molecule has 2 aromatic rings. The molecule has 1 aliphatic rings. The second-order valence-corrected chi connectivity index (χ2v) is 8.97. The van der Waals surface area contributed by atoms with E-state index in [-0.39, 0.29) is 17.1 Å². The van der Waals surface area contributed by atoms with Gasteiger partial charge in [-0.2, -0.15) is 0 Å². The van der Waals surface area contributed by atoms with Gasteiger partial charge in [-0.1, -0.05) is 18.2 Å². The lowest BCUT2D eigenvalue weighted by molar-refractivity contribution is -0.148. The number of amides is 2. The van der Waals surface area contributed by atoms with E-state index in [4.69, 9.17) is 14.6 Å². The van der Waals surface area contributed by atoms with Crippen LogP contribution in [0, 0.1) is 0 Å². The van der Waals surface area contributed by atoms with Crippen molar-refractivity contribution >= 4 is 40.9 Å². The van der Waals surface area contributed by atoms with Crippen molar-refractivity contribution in [1.29, 1.82) is 0 Å². The lowest BCUT2D eigenvalue weighted by Gasteiger charge is -2.18. The molecule has 0 aliphatic carbocycles. The largest absolute Gasteiger partial charge is 0.490 e. The van der Waals surface area contributed by atoms with E-state index in [0.29, 0.717) is 30.1 Å². The highest BCUT2D eigenvalue weighted by molar-refractivity contribution is 8.18. The molecule has 9 nitrogen and oxygen atoms in total. The number of allylic oxidation sites excluding steroid dienone is 1. The second-order valence-electron chi connectivity index (χ2n) is 7.97. The molecule has 1 heterocycles. The Bertz CT molecular complexity index is 1250. The molecule has 0 radical (unpaired) electrons. The van der Waals surface area contributed by atoms with Crippen LogP contribution in [0.3, 0.4) is 0 Å². The molecule has 37 heavy (non-hydrogen) atoms. The molecule has 194 valence electrons. The highest BCUT2D eigenvalue weighted by atomic mass is 32.2. The molecule has 10 heteroatoms. The number of hydrogen-bond acceptors (Lipinski definition) is 8. The minimum absolute atomic E-state index is 0.167. The van der Waals surface area contributed by atoms with E-state index in [1.165, 1.54) is 26.2 Å². The SMILES string of the molecule is C=CCc1cc(/C=C2/SC(=O)N([C@H](C)C(=O)OC)C2=O)cc(OCC)c1OCc1ccc(C(=O)O)cc1. The number of carbonyl (C=O) groups excluding carboxylic acids is 3. The van der Waals surface area contributed by atoms with Crippen LogP contribution in [-0.4, -0.2) is 52.8 Å². The third kappa shape index (κ3) is 6.39. The molecule has 0 aromatic heterocycles. The minimum Gasteiger partial charge on any atom is -0.490 e. The predicted octanol–water partition coefficient (Wildman–Crippen LogP) is 4.69. The number of methoxy groups -OCH3 is 1. The number of esters is 1. The Balaban J connectivity index is 1.92. The standard InChI is InChI=1S/C27H27NO8S/c1-5-7-20-12-18(14-22-24(29)28(27(33)37-22)16(3)26(32)34-4)13-21(35-6-2)23(20)36-15-17-8-10-19(11-9-17)25(30)31/h5,8-14,16H,1,6-7,15H2,2-4H3,(H,30,31)/b22-14+/t16-/m1/s1. The Kier molecular flexibility index (Phi) is 9.13. The third-order valence-electron chi connectivity index (χ3n) is 5.45. The molecule has 0 saturated carbocycles. The molecule has 1 atom stereocenters. The van der Waals surface area contributed by atoms with Crippen LogP contribution < -0.4 is 9.47 Å². The first-order valence-corrected chi connectivity index (χ1v) is 12.2. The van der Waals surface area contributed by atoms with E-state index in [2.05, 4.69) is 11.3 Å². The van der Waals surface area contributed by atoms with Gasteiger partial charge in [0, 0.05) is 5.56 Å².